The zero-order valence-electron chi connectivity index (χ0n) is 20.1. The molecular formula is C26H32N4O3. The fraction of sp³-hybridized carbons (Fsp3) is 0.423. The van der Waals surface area contributed by atoms with E-state index in [9.17, 15) is 9.59 Å². The van der Waals surface area contributed by atoms with Crippen LogP contribution in [0.3, 0.4) is 0 Å². The summed E-state index contributed by atoms with van der Waals surface area (Å²) in [6.07, 6.45) is 0. The van der Waals surface area contributed by atoms with E-state index < -0.39 is 5.41 Å². The van der Waals surface area contributed by atoms with Gasteiger partial charge in [-0.2, -0.15) is 0 Å². The Morgan fingerprint density at radius 1 is 1.00 bits per heavy atom. The van der Waals surface area contributed by atoms with Crippen molar-refractivity contribution in [1.29, 1.82) is 0 Å². The number of rotatable bonds is 6. The third-order valence-corrected chi connectivity index (χ3v) is 6.63. The molecule has 3 heterocycles. The van der Waals surface area contributed by atoms with E-state index >= 15 is 0 Å². The maximum absolute atomic E-state index is 13.2. The third kappa shape index (κ3) is 4.50. The number of ketones is 1. The normalized spacial score (nSPS) is 15.1. The maximum atomic E-state index is 13.2. The molecule has 1 fully saturated rings. The lowest BCUT2D eigenvalue weighted by Gasteiger charge is -2.38. The first-order chi connectivity index (χ1) is 15.7. The second-order valence-corrected chi connectivity index (χ2v) is 9.40. The molecule has 0 bridgehead atoms. The Kier molecular flexibility index (Phi) is 6.26. The van der Waals surface area contributed by atoms with Gasteiger partial charge in [0.2, 0.25) is 5.91 Å². The summed E-state index contributed by atoms with van der Waals surface area (Å²) in [7, 11) is 0. The number of aryl methyl sites for hydroxylation is 2. The minimum Gasteiger partial charge on any atom is -0.360 e. The average Bonchev–Trinajstić information content (AvgIpc) is 3.36. The van der Waals surface area contributed by atoms with Gasteiger partial charge < -0.3 is 9.42 Å². The van der Waals surface area contributed by atoms with Crippen LogP contribution in [0.25, 0.3) is 5.82 Å². The molecule has 0 saturated carbocycles. The number of benzene rings is 1. The Balaban J connectivity index is 1.39. The molecule has 3 aromatic rings. The second-order valence-electron chi connectivity index (χ2n) is 9.40. The van der Waals surface area contributed by atoms with Crippen LogP contribution in [0.4, 0.5) is 0 Å². The third-order valence-electron chi connectivity index (χ3n) is 6.63. The van der Waals surface area contributed by atoms with Gasteiger partial charge in [-0.1, -0.05) is 35.5 Å². The number of nitrogens with zero attached hydrogens (tertiary/aromatic N) is 4. The van der Waals surface area contributed by atoms with E-state index in [1.54, 1.807) is 0 Å². The fourth-order valence-electron chi connectivity index (χ4n) is 4.63. The van der Waals surface area contributed by atoms with E-state index in [2.05, 4.69) is 10.1 Å². The SMILES string of the molecule is Cc1cc(-n2c(C)cc(C(=O)CN3CCN(C(=O)C(C)(C)c4ccccc4)CC3)c2C)no1. The highest BCUT2D eigenvalue weighted by atomic mass is 16.5. The topological polar surface area (TPSA) is 71.6 Å². The van der Waals surface area contributed by atoms with Crippen molar-refractivity contribution in [1.82, 2.24) is 19.5 Å². The molecule has 0 unspecified atom stereocenters. The summed E-state index contributed by atoms with van der Waals surface area (Å²) >= 11 is 0. The lowest BCUT2D eigenvalue weighted by atomic mass is 9.83. The largest absolute Gasteiger partial charge is 0.360 e. The van der Waals surface area contributed by atoms with Gasteiger partial charge in [-0.25, -0.2) is 0 Å². The van der Waals surface area contributed by atoms with Crippen LogP contribution in [0.15, 0.2) is 47.0 Å². The van der Waals surface area contributed by atoms with Crippen molar-refractivity contribution >= 4 is 11.7 Å². The van der Waals surface area contributed by atoms with Crippen molar-refractivity contribution in [2.75, 3.05) is 32.7 Å². The molecule has 4 rings (SSSR count). The van der Waals surface area contributed by atoms with Crippen molar-refractivity contribution in [3.8, 4) is 5.82 Å². The first-order valence-electron chi connectivity index (χ1n) is 11.4. The number of aromatic nitrogens is 2. The van der Waals surface area contributed by atoms with Gasteiger partial charge in [0.25, 0.3) is 0 Å². The van der Waals surface area contributed by atoms with Gasteiger partial charge in [-0.3, -0.25) is 19.1 Å². The predicted molar refractivity (Wildman–Crippen MR) is 127 cm³/mol. The molecule has 7 heteroatoms. The number of carbonyl (C=O) groups excluding carboxylic acids is 2. The highest BCUT2D eigenvalue weighted by molar-refractivity contribution is 5.99. The number of hydrogen-bond donors (Lipinski definition) is 0. The van der Waals surface area contributed by atoms with E-state index in [1.807, 2.05) is 86.6 Å². The van der Waals surface area contributed by atoms with Crippen molar-refractivity contribution in [3.05, 3.63) is 70.7 Å². The van der Waals surface area contributed by atoms with Crippen LogP contribution in [-0.4, -0.2) is 63.9 Å². The minimum absolute atomic E-state index is 0.0824. The fourth-order valence-corrected chi connectivity index (χ4v) is 4.63. The number of Topliss-reactive ketones (excluding diaryl/α,β-unsaturated/α-hetero) is 1. The molecule has 0 radical (unpaired) electrons. The van der Waals surface area contributed by atoms with Crippen molar-refractivity contribution in [3.63, 3.8) is 0 Å². The summed E-state index contributed by atoms with van der Waals surface area (Å²) in [5.41, 5.74) is 2.96. The Morgan fingerprint density at radius 3 is 2.27 bits per heavy atom. The molecule has 33 heavy (non-hydrogen) atoms. The highest BCUT2D eigenvalue weighted by Gasteiger charge is 2.35. The number of amides is 1. The molecule has 1 aliphatic rings. The molecule has 1 aliphatic heterocycles. The highest BCUT2D eigenvalue weighted by Crippen LogP contribution is 2.26. The van der Waals surface area contributed by atoms with Gasteiger partial charge >= 0.3 is 0 Å². The maximum Gasteiger partial charge on any atom is 0.232 e. The first kappa shape index (κ1) is 23.0. The van der Waals surface area contributed by atoms with Gasteiger partial charge in [0, 0.05) is 49.2 Å². The molecule has 174 valence electrons. The lowest BCUT2D eigenvalue weighted by Crippen LogP contribution is -2.53. The van der Waals surface area contributed by atoms with Crippen LogP contribution in [0.1, 0.15) is 46.9 Å². The molecule has 1 aromatic carbocycles. The van der Waals surface area contributed by atoms with Gasteiger partial charge in [0.05, 0.1) is 12.0 Å². The summed E-state index contributed by atoms with van der Waals surface area (Å²) in [5.74, 6) is 1.63. The molecule has 0 aliphatic carbocycles. The van der Waals surface area contributed by atoms with Crippen LogP contribution >= 0.6 is 0 Å². The van der Waals surface area contributed by atoms with Crippen molar-refractivity contribution in [2.24, 2.45) is 0 Å². The average molecular weight is 449 g/mol. The molecule has 0 spiro atoms. The summed E-state index contributed by atoms with van der Waals surface area (Å²) in [6, 6.07) is 13.7. The lowest BCUT2D eigenvalue weighted by molar-refractivity contribution is -0.138. The molecule has 1 saturated heterocycles. The van der Waals surface area contributed by atoms with Crippen molar-refractivity contribution in [2.45, 2.75) is 40.0 Å². The Morgan fingerprint density at radius 2 is 1.67 bits per heavy atom. The number of carbonyl (C=O) groups is 2. The summed E-state index contributed by atoms with van der Waals surface area (Å²) in [6.45, 7) is 12.7. The zero-order chi connectivity index (χ0) is 23.8. The van der Waals surface area contributed by atoms with Crippen molar-refractivity contribution < 1.29 is 14.1 Å². The number of hydrogen-bond acceptors (Lipinski definition) is 5. The minimum atomic E-state index is -0.573. The molecule has 1 amide bonds. The van der Waals surface area contributed by atoms with E-state index in [1.165, 1.54) is 0 Å². The molecule has 2 aromatic heterocycles. The van der Waals surface area contributed by atoms with E-state index in [0.29, 0.717) is 44.1 Å². The molecule has 7 nitrogen and oxygen atoms in total. The van der Waals surface area contributed by atoms with Gasteiger partial charge in [0.1, 0.15) is 5.76 Å². The predicted octanol–water partition coefficient (Wildman–Crippen LogP) is 3.70. The van der Waals surface area contributed by atoms with E-state index in [-0.39, 0.29) is 11.7 Å². The number of piperazine rings is 1. The van der Waals surface area contributed by atoms with Gasteiger partial charge in [0.15, 0.2) is 11.6 Å². The molecule has 0 N–H and O–H groups in total. The summed E-state index contributed by atoms with van der Waals surface area (Å²) in [5, 5.41) is 4.09. The van der Waals surface area contributed by atoms with Gasteiger partial charge in [-0.05, 0) is 46.2 Å². The quantitative estimate of drug-likeness (QED) is 0.538. The molecular weight excluding hydrogens is 416 g/mol. The monoisotopic (exact) mass is 448 g/mol. The first-order valence-corrected chi connectivity index (χ1v) is 11.4. The zero-order valence-corrected chi connectivity index (χ0v) is 20.1. The Bertz CT molecular complexity index is 1150. The Hall–Kier alpha value is -3.19. The smallest absolute Gasteiger partial charge is 0.232 e. The molecule has 0 atom stereocenters. The Labute approximate surface area is 195 Å². The van der Waals surface area contributed by atoms with Crippen LogP contribution < -0.4 is 0 Å². The second kappa shape index (κ2) is 8.98. The van der Waals surface area contributed by atoms with Crippen LogP contribution in [0.5, 0.6) is 0 Å². The summed E-state index contributed by atoms with van der Waals surface area (Å²) < 4.78 is 7.16. The van der Waals surface area contributed by atoms with Crippen LogP contribution in [0, 0.1) is 20.8 Å². The van der Waals surface area contributed by atoms with E-state index in [4.69, 9.17) is 4.52 Å². The van der Waals surface area contributed by atoms with E-state index in [0.717, 1.165) is 22.7 Å². The van der Waals surface area contributed by atoms with Crippen LogP contribution in [0.2, 0.25) is 0 Å². The van der Waals surface area contributed by atoms with Gasteiger partial charge in [-0.15, -0.1) is 0 Å². The van der Waals surface area contributed by atoms with Crippen LogP contribution in [-0.2, 0) is 10.2 Å². The standard InChI is InChI=1S/C26H32N4O3/c1-18-15-22(20(3)30(18)24-16-19(2)33-27-24)23(31)17-28-11-13-29(14-12-28)25(32)26(4,5)21-9-7-6-8-10-21/h6-10,15-16H,11-14,17H2,1-5H3. The summed E-state index contributed by atoms with van der Waals surface area (Å²) in [4.78, 5) is 30.4.